The molecule has 0 aliphatic heterocycles. The van der Waals surface area contributed by atoms with E-state index in [1.807, 2.05) is 0 Å². The minimum Gasteiger partial charge on any atom is -0.303 e. The van der Waals surface area contributed by atoms with Gasteiger partial charge in [0.15, 0.2) is 0 Å². The Morgan fingerprint density at radius 2 is 2.06 bits per heavy atom. The van der Waals surface area contributed by atoms with Gasteiger partial charge in [0.2, 0.25) is 0 Å². The van der Waals surface area contributed by atoms with Crippen molar-refractivity contribution in [1.29, 1.82) is 0 Å². The number of rotatable bonds is 7. The number of carbonyl (C=O) groups is 1. The molecule has 3 unspecified atom stereocenters. The Bertz CT molecular complexity index is 251. The van der Waals surface area contributed by atoms with E-state index in [1.165, 1.54) is 12.8 Å². The van der Waals surface area contributed by atoms with Gasteiger partial charge in [0.25, 0.3) is 0 Å². The molecule has 3 atom stereocenters. The van der Waals surface area contributed by atoms with Crippen molar-refractivity contribution in [3.05, 3.63) is 0 Å². The predicted octanol–water partition coefficient (Wildman–Crippen LogP) is 3.75. The Hall–Kier alpha value is -0.370. The fourth-order valence-electron chi connectivity index (χ4n) is 2.96. The molecule has 1 aliphatic carbocycles. The lowest BCUT2D eigenvalue weighted by atomic mass is 9.79. The summed E-state index contributed by atoms with van der Waals surface area (Å²) in [5.74, 6) is 2.36. The van der Waals surface area contributed by atoms with Crippen molar-refractivity contribution < 1.29 is 4.79 Å². The highest BCUT2D eigenvalue weighted by Gasteiger charge is 2.29. The molecule has 0 bridgehead atoms. The third kappa shape index (κ3) is 4.72. The Kier molecular flexibility index (Phi) is 6.91. The first-order chi connectivity index (χ1) is 8.60. The highest BCUT2D eigenvalue weighted by atomic mass is 16.1. The predicted molar refractivity (Wildman–Crippen MR) is 77.7 cm³/mol. The Balaban J connectivity index is 2.48. The Labute approximate surface area is 113 Å². The monoisotopic (exact) mass is 253 g/mol. The van der Waals surface area contributed by atoms with Crippen LogP contribution in [-0.2, 0) is 4.79 Å². The molecule has 0 N–H and O–H groups in total. The standard InChI is InChI=1S/C16H31NO/c1-5-13(4)11-17(7-3)12-15-10-14(6-2)8-9-16(15)18/h13-15H,5-12H2,1-4H3. The molecule has 1 rings (SSSR count). The summed E-state index contributed by atoms with van der Waals surface area (Å²) >= 11 is 0. The largest absolute Gasteiger partial charge is 0.303 e. The van der Waals surface area contributed by atoms with Crippen LogP contribution in [0, 0.1) is 17.8 Å². The van der Waals surface area contributed by atoms with E-state index in [0.29, 0.717) is 11.7 Å². The highest BCUT2D eigenvalue weighted by molar-refractivity contribution is 5.81. The van der Waals surface area contributed by atoms with E-state index in [4.69, 9.17) is 0 Å². The van der Waals surface area contributed by atoms with Gasteiger partial charge in [-0.2, -0.15) is 0 Å². The van der Waals surface area contributed by atoms with E-state index < -0.39 is 0 Å². The Morgan fingerprint density at radius 1 is 1.33 bits per heavy atom. The quantitative estimate of drug-likeness (QED) is 0.688. The van der Waals surface area contributed by atoms with Crippen molar-refractivity contribution in [2.75, 3.05) is 19.6 Å². The van der Waals surface area contributed by atoms with Gasteiger partial charge < -0.3 is 4.90 Å². The zero-order valence-corrected chi connectivity index (χ0v) is 12.7. The zero-order valence-electron chi connectivity index (χ0n) is 12.7. The molecule has 1 aliphatic rings. The normalized spacial score (nSPS) is 26.6. The molecule has 0 heterocycles. The molecule has 106 valence electrons. The van der Waals surface area contributed by atoms with Crippen LogP contribution in [0.15, 0.2) is 0 Å². The minimum atomic E-state index is 0.313. The van der Waals surface area contributed by atoms with Gasteiger partial charge in [-0.1, -0.05) is 40.5 Å². The first-order valence-electron chi connectivity index (χ1n) is 7.85. The van der Waals surface area contributed by atoms with Crippen molar-refractivity contribution in [3.8, 4) is 0 Å². The van der Waals surface area contributed by atoms with Crippen molar-refractivity contribution >= 4 is 5.78 Å². The average Bonchev–Trinajstić information content (AvgIpc) is 2.39. The SMILES string of the molecule is CCC(C)CN(CC)CC1CC(CC)CCC1=O. The molecular weight excluding hydrogens is 222 g/mol. The summed E-state index contributed by atoms with van der Waals surface area (Å²) in [6.45, 7) is 12.2. The maximum atomic E-state index is 12.0. The molecule has 18 heavy (non-hydrogen) atoms. The van der Waals surface area contributed by atoms with E-state index in [2.05, 4.69) is 32.6 Å². The lowest BCUT2D eigenvalue weighted by Crippen LogP contribution is -2.38. The Morgan fingerprint density at radius 3 is 2.61 bits per heavy atom. The first kappa shape index (κ1) is 15.7. The van der Waals surface area contributed by atoms with Crippen LogP contribution in [0.25, 0.3) is 0 Å². The number of carbonyl (C=O) groups excluding carboxylic acids is 1. The van der Waals surface area contributed by atoms with Crippen molar-refractivity contribution in [1.82, 2.24) is 4.90 Å². The molecule has 0 saturated heterocycles. The summed E-state index contributed by atoms with van der Waals surface area (Å²) in [6, 6.07) is 0. The van der Waals surface area contributed by atoms with Crippen LogP contribution in [0.3, 0.4) is 0 Å². The molecule has 2 nitrogen and oxygen atoms in total. The van der Waals surface area contributed by atoms with E-state index >= 15 is 0 Å². The summed E-state index contributed by atoms with van der Waals surface area (Å²) in [4.78, 5) is 14.5. The van der Waals surface area contributed by atoms with Gasteiger partial charge in [0.1, 0.15) is 5.78 Å². The van der Waals surface area contributed by atoms with E-state index in [9.17, 15) is 4.79 Å². The third-order valence-electron chi connectivity index (χ3n) is 4.64. The van der Waals surface area contributed by atoms with Crippen LogP contribution in [0.5, 0.6) is 0 Å². The smallest absolute Gasteiger partial charge is 0.137 e. The zero-order chi connectivity index (χ0) is 13.5. The maximum absolute atomic E-state index is 12.0. The maximum Gasteiger partial charge on any atom is 0.137 e. The van der Waals surface area contributed by atoms with Crippen LogP contribution in [-0.4, -0.2) is 30.3 Å². The fraction of sp³-hybridized carbons (Fsp3) is 0.938. The molecule has 2 heteroatoms. The molecule has 0 spiro atoms. The van der Waals surface area contributed by atoms with Crippen molar-refractivity contribution in [2.45, 2.75) is 59.8 Å². The van der Waals surface area contributed by atoms with Crippen LogP contribution in [0.4, 0.5) is 0 Å². The second-order valence-electron chi connectivity index (χ2n) is 6.08. The minimum absolute atomic E-state index is 0.313. The van der Waals surface area contributed by atoms with Crippen LogP contribution < -0.4 is 0 Å². The van der Waals surface area contributed by atoms with Gasteiger partial charge in [0.05, 0.1) is 0 Å². The van der Waals surface area contributed by atoms with Gasteiger partial charge in [-0.15, -0.1) is 0 Å². The molecule has 0 amide bonds. The van der Waals surface area contributed by atoms with Gasteiger partial charge in [0, 0.05) is 25.4 Å². The third-order valence-corrected chi connectivity index (χ3v) is 4.64. The summed E-state index contributed by atoms with van der Waals surface area (Å²) in [6.07, 6.45) is 5.55. The van der Waals surface area contributed by atoms with Crippen molar-refractivity contribution in [2.24, 2.45) is 17.8 Å². The molecule has 0 aromatic heterocycles. The molecular formula is C16H31NO. The number of ketones is 1. The number of hydrogen-bond acceptors (Lipinski definition) is 2. The molecule has 1 fully saturated rings. The van der Waals surface area contributed by atoms with Crippen molar-refractivity contribution in [3.63, 3.8) is 0 Å². The van der Waals surface area contributed by atoms with E-state index in [0.717, 1.165) is 50.7 Å². The first-order valence-corrected chi connectivity index (χ1v) is 7.85. The van der Waals surface area contributed by atoms with Gasteiger partial charge in [-0.05, 0) is 31.2 Å². The van der Waals surface area contributed by atoms with Gasteiger partial charge in [-0.3, -0.25) is 4.79 Å². The van der Waals surface area contributed by atoms with Gasteiger partial charge in [-0.25, -0.2) is 0 Å². The summed E-state index contributed by atoms with van der Waals surface area (Å²) in [5.41, 5.74) is 0. The van der Waals surface area contributed by atoms with E-state index in [1.54, 1.807) is 0 Å². The second kappa shape index (κ2) is 7.93. The number of nitrogens with zero attached hydrogens (tertiary/aromatic N) is 1. The lowest BCUT2D eigenvalue weighted by molar-refractivity contribution is -0.126. The summed E-state index contributed by atoms with van der Waals surface area (Å²) in [7, 11) is 0. The lowest BCUT2D eigenvalue weighted by Gasteiger charge is -2.32. The fourth-order valence-corrected chi connectivity index (χ4v) is 2.96. The van der Waals surface area contributed by atoms with Crippen LogP contribution in [0.1, 0.15) is 59.8 Å². The highest BCUT2D eigenvalue weighted by Crippen LogP contribution is 2.29. The second-order valence-corrected chi connectivity index (χ2v) is 6.08. The molecule has 1 saturated carbocycles. The molecule has 0 radical (unpaired) electrons. The summed E-state index contributed by atoms with van der Waals surface area (Å²) in [5, 5.41) is 0. The van der Waals surface area contributed by atoms with Gasteiger partial charge >= 0.3 is 0 Å². The number of Topliss-reactive ketones (excluding diaryl/α,β-unsaturated/α-hetero) is 1. The topological polar surface area (TPSA) is 20.3 Å². The summed E-state index contributed by atoms with van der Waals surface area (Å²) < 4.78 is 0. The van der Waals surface area contributed by atoms with Crippen LogP contribution in [0.2, 0.25) is 0 Å². The number of hydrogen-bond donors (Lipinski definition) is 0. The average molecular weight is 253 g/mol. The molecule has 0 aromatic carbocycles. The van der Waals surface area contributed by atoms with Crippen LogP contribution >= 0.6 is 0 Å². The van der Waals surface area contributed by atoms with E-state index in [-0.39, 0.29) is 0 Å². The molecule has 0 aromatic rings.